The second-order valence-corrected chi connectivity index (χ2v) is 4.55. The summed E-state index contributed by atoms with van der Waals surface area (Å²) in [5, 5.41) is 0. The number of aryl methyl sites for hydroxylation is 1. The summed E-state index contributed by atoms with van der Waals surface area (Å²) >= 11 is 0. The summed E-state index contributed by atoms with van der Waals surface area (Å²) in [5.41, 5.74) is 1.61. The van der Waals surface area contributed by atoms with Gasteiger partial charge in [-0.25, -0.2) is 0 Å². The van der Waals surface area contributed by atoms with Crippen molar-refractivity contribution >= 4 is 5.91 Å². The van der Waals surface area contributed by atoms with Gasteiger partial charge < -0.3 is 14.4 Å². The molecule has 18 heavy (non-hydrogen) atoms. The van der Waals surface area contributed by atoms with E-state index in [-0.39, 0.29) is 12.0 Å². The fraction of sp³-hybridized carbons (Fsp3) is 0.500. The zero-order valence-electron chi connectivity index (χ0n) is 11.1. The minimum atomic E-state index is 0.0319. The first-order valence-corrected chi connectivity index (χ1v) is 6.13. The van der Waals surface area contributed by atoms with E-state index in [1.807, 2.05) is 30.0 Å². The lowest BCUT2D eigenvalue weighted by Gasteiger charge is -2.19. The molecule has 4 nitrogen and oxygen atoms in total. The molecule has 1 aromatic rings. The quantitative estimate of drug-likeness (QED) is 0.820. The highest BCUT2D eigenvalue weighted by Gasteiger charge is 2.29. The van der Waals surface area contributed by atoms with Crippen LogP contribution in [0.1, 0.15) is 22.3 Å². The molecule has 1 aliphatic rings. The number of carbonyl (C=O) groups excluding carboxylic acids is 1. The highest BCUT2D eigenvalue weighted by molar-refractivity contribution is 5.98. The Balaban J connectivity index is 2.24. The molecule has 1 aliphatic heterocycles. The highest BCUT2D eigenvalue weighted by atomic mass is 16.5. The first-order chi connectivity index (χ1) is 8.67. The van der Waals surface area contributed by atoms with E-state index in [0.717, 1.165) is 18.5 Å². The van der Waals surface area contributed by atoms with Crippen LogP contribution in [-0.2, 0) is 4.74 Å². The Labute approximate surface area is 107 Å². The van der Waals surface area contributed by atoms with Gasteiger partial charge >= 0.3 is 0 Å². The van der Waals surface area contributed by atoms with Crippen LogP contribution in [0.25, 0.3) is 0 Å². The molecule has 2 rings (SSSR count). The van der Waals surface area contributed by atoms with Gasteiger partial charge in [-0.3, -0.25) is 4.79 Å². The maximum atomic E-state index is 12.5. The third kappa shape index (κ3) is 2.34. The number of hydrogen-bond acceptors (Lipinski definition) is 3. The molecule has 1 heterocycles. The summed E-state index contributed by atoms with van der Waals surface area (Å²) in [5.74, 6) is 0.672. The van der Waals surface area contributed by atoms with Crippen LogP contribution in [0.3, 0.4) is 0 Å². The van der Waals surface area contributed by atoms with Gasteiger partial charge in [0.2, 0.25) is 0 Å². The van der Waals surface area contributed by atoms with Gasteiger partial charge in [0.05, 0.1) is 18.8 Å². The first kappa shape index (κ1) is 12.9. The molecule has 1 unspecified atom stereocenters. The molecule has 1 atom stereocenters. The molecule has 0 radical (unpaired) electrons. The van der Waals surface area contributed by atoms with E-state index in [9.17, 15) is 4.79 Å². The maximum absolute atomic E-state index is 12.5. The van der Waals surface area contributed by atoms with Crippen molar-refractivity contribution in [1.29, 1.82) is 0 Å². The molecule has 1 saturated heterocycles. The standard InChI is InChI=1S/C14H19NO3/c1-10-5-4-6-12(18-3)13(10)14(16)15-8-7-11(9-15)17-2/h4-6,11H,7-9H2,1-3H3. The summed E-state index contributed by atoms with van der Waals surface area (Å²) < 4.78 is 10.6. The molecule has 98 valence electrons. The van der Waals surface area contributed by atoms with Crippen LogP contribution in [0.15, 0.2) is 18.2 Å². The van der Waals surface area contributed by atoms with Gasteiger partial charge in [0.25, 0.3) is 5.91 Å². The number of methoxy groups -OCH3 is 2. The van der Waals surface area contributed by atoms with Crippen LogP contribution in [-0.4, -0.2) is 44.2 Å². The van der Waals surface area contributed by atoms with E-state index in [2.05, 4.69) is 0 Å². The van der Waals surface area contributed by atoms with Gasteiger partial charge in [0, 0.05) is 20.2 Å². The molecule has 1 amide bonds. The van der Waals surface area contributed by atoms with Gasteiger partial charge in [-0.05, 0) is 25.0 Å². The third-order valence-electron chi connectivity index (χ3n) is 3.43. The number of rotatable bonds is 3. The highest BCUT2D eigenvalue weighted by Crippen LogP contribution is 2.25. The molecule has 0 aromatic heterocycles. The maximum Gasteiger partial charge on any atom is 0.257 e. The lowest BCUT2D eigenvalue weighted by Crippen LogP contribution is -2.30. The zero-order chi connectivity index (χ0) is 13.1. The number of amides is 1. The molecule has 0 spiro atoms. The summed E-state index contributed by atoms with van der Waals surface area (Å²) in [7, 11) is 3.28. The minimum Gasteiger partial charge on any atom is -0.496 e. The van der Waals surface area contributed by atoms with E-state index < -0.39 is 0 Å². The van der Waals surface area contributed by atoms with Crippen LogP contribution in [0.2, 0.25) is 0 Å². The Morgan fingerprint density at radius 1 is 1.39 bits per heavy atom. The molecule has 0 bridgehead atoms. The summed E-state index contributed by atoms with van der Waals surface area (Å²) in [4.78, 5) is 14.3. The molecular weight excluding hydrogens is 230 g/mol. The lowest BCUT2D eigenvalue weighted by atomic mass is 10.1. The molecule has 1 fully saturated rings. The third-order valence-corrected chi connectivity index (χ3v) is 3.43. The number of carbonyl (C=O) groups is 1. The second-order valence-electron chi connectivity index (χ2n) is 4.55. The summed E-state index contributed by atoms with van der Waals surface area (Å²) in [6.45, 7) is 3.33. The van der Waals surface area contributed by atoms with Crippen LogP contribution < -0.4 is 4.74 Å². The van der Waals surface area contributed by atoms with Gasteiger partial charge in [-0.2, -0.15) is 0 Å². The van der Waals surface area contributed by atoms with E-state index in [0.29, 0.717) is 17.9 Å². The Morgan fingerprint density at radius 3 is 2.78 bits per heavy atom. The molecular formula is C14H19NO3. The Morgan fingerprint density at radius 2 is 2.17 bits per heavy atom. The van der Waals surface area contributed by atoms with Crippen molar-refractivity contribution in [2.75, 3.05) is 27.3 Å². The second kappa shape index (κ2) is 5.40. The first-order valence-electron chi connectivity index (χ1n) is 6.13. The van der Waals surface area contributed by atoms with E-state index in [4.69, 9.17) is 9.47 Å². The zero-order valence-corrected chi connectivity index (χ0v) is 11.1. The summed E-state index contributed by atoms with van der Waals surface area (Å²) in [6, 6.07) is 5.65. The van der Waals surface area contributed by atoms with Crippen molar-refractivity contribution < 1.29 is 14.3 Å². The smallest absolute Gasteiger partial charge is 0.257 e. The fourth-order valence-corrected chi connectivity index (χ4v) is 2.35. The predicted octanol–water partition coefficient (Wildman–Crippen LogP) is 1.86. The van der Waals surface area contributed by atoms with Crippen molar-refractivity contribution in [3.8, 4) is 5.75 Å². The molecule has 0 saturated carbocycles. The predicted molar refractivity (Wildman–Crippen MR) is 69.0 cm³/mol. The van der Waals surface area contributed by atoms with Crippen molar-refractivity contribution in [2.45, 2.75) is 19.4 Å². The molecule has 4 heteroatoms. The number of ether oxygens (including phenoxy) is 2. The summed E-state index contributed by atoms with van der Waals surface area (Å²) in [6.07, 6.45) is 1.06. The number of nitrogens with zero attached hydrogens (tertiary/aromatic N) is 1. The fourth-order valence-electron chi connectivity index (χ4n) is 2.35. The SMILES string of the molecule is COc1cccc(C)c1C(=O)N1CCC(OC)C1. The average molecular weight is 249 g/mol. The number of likely N-dealkylation sites (tertiary alicyclic amines) is 1. The van der Waals surface area contributed by atoms with Crippen molar-refractivity contribution in [1.82, 2.24) is 4.90 Å². The number of benzene rings is 1. The van der Waals surface area contributed by atoms with Crippen LogP contribution in [0.4, 0.5) is 0 Å². The minimum absolute atomic E-state index is 0.0319. The van der Waals surface area contributed by atoms with Crippen LogP contribution in [0.5, 0.6) is 5.75 Å². The molecule has 1 aromatic carbocycles. The van der Waals surface area contributed by atoms with Gasteiger partial charge in [0.15, 0.2) is 0 Å². The largest absolute Gasteiger partial charge is 0.496 e. The Hall–Kier alpha value is -1.55. The molecule has 0 aliphatic carbocycles. The van der Waals surface area contributed by atoms with Gasteiger partial charge in [0.1, 0.15) is 5.75 Å². The monoisotopic (exact) mass is 249 g/mol. The molecule has 0 N–H and O–H groups in total. The average Bonchev–Trinajstić information content (AvgIpc) is 2.86. The Kier molecular flexibility index (Phi) is 3.87. The van der Waals surface area contributed by atoms with Crippen molar-refractivity contribution in [2.24, 2.45) is 0 Å². The van der Waals surface area contributed by atoms with E-state index >= 15 is 0 Å². The van der Waals surface area contributed by atoms with E-state index in [1.54, 1.807) is 14.2 Å². The normalized spacial score (nSPS) is 19.1. The van der Waals surface area contributed by atoms with Gasteiger partial charge in [-0.15, -0.1) is 0 Å². The van der Waals surface area contributed by atoms with E-state index in [1.165, 1.54) is 0 Å². The van der Waals surface area contributed by atoms with Crippen LogP contribution >= 0.6 is 0 Å². The lowest BCUT2D eigenvalue weighted by molar-refractivity contribution is 0.0720. The Bertz CT molecular complexity index is 445. The number of hydrogen-bond donors (Lipinski definition) is 0. The van der Waals surface area contributed by atoms with Crippen LogP contribution in [0, 0.1) is 6.92 Å². The van der Waals surface area contributed by atoms with Gasteiger partial charge in [-0.1, -0.05) is 12.1 Å². The van der Waals surface area contributed by atoms with Crippen molar-refractivity contribution in [3.63, 3.8) is 0 Å². The van der Waals surface area contributed by atoms with Crippen molar-refractivity contribution in [3.05, 3.63) is 29.3 Å². The topological polar surface area (TPSA) is 38.8 Å².